The largest absolute Gasteiger partial charge is 0.507 e. The average molecular weight is 192 g/mol. The van der Waals surface area contributed by atoms with Crippen molar-refractivity contribution in [2.45, 2.75) is 6.92 Å². The zero-order chi connectivity index (χ0) is 10.2. The molecule has 1 aromatic rings. The lowest BCUT2D eigenvalue weighted by Crippen LogP contribution is -2.16. The molecule has 0 bridgehead atoms. The highest BCUT2D eigenvalue weighted by atomic mass is 16.3. The lowest BCUT2D eigenvalue weighted by molar-refractivity contribution is 0.474. The predicted molar refractivity (Wildman–Crippen MR) is 59.1 cm³/mol. The van der Waals surface area contributed by atoms with Crippen molar-refractivity contribution in [2.24, 2.45) is 4.99 Å². The molecule has 1 rings (SSSR count). The molecule has 3 nitrogen and oxygen atoms in total. The molecule has 2 N–H and O–H groups in total. The van der Waals surface area contributed by atoms with E-state index in [-0.39, 0.29) is 5.75 Å². The monoisotopic (exact) mass is 192 g/mol. The Bertz CT molecular complexity index is 297. The molecule has 0 aliphatic rings. The number of benzene rings is 1. The molecule has 0 aliphatic heterocycles. The van der Waals surface area contributed by atoms with Gasteiger partial charge in [-0.1, -0.05) is 19.1 Å². The first kappa shape index (κ1) is 10.7. The van der Waals surface area contributed by atoms with Gasteiger partial charge in [-0.3, -0.25) is 4.99 Å². The zero-order valence-electron chi connectivity index (χ0n) is 8.40. The van der Waals surface area contributed by atoms with E-state index in [1.54, 1.807) is 18.3 Å². The lowest BCUT2D eigenvalue weighted by Gasteiger charge is -1.98. The van der Waals surface area contributed by atoms with Crippen LogP contribution in [0, 0.1) is 0 Å². The van der Waals surface area contributed by atoms with Crippen molar-refractivity contribution in [2.75, 3.05) is 19.6 Å². The van der Waals surface area contributed by atoms with Gasteiger partial charge in [-0.2, -0.15) is 0 Å². The summed E-state index contributed by atoms with van der Waals surface area (Å²) >= 11 is 0. The van der Waals surface area contributed by atoms with E-state index < -0.39 is 0 Å². The van der Waals surface area contributed by atoms with Gasteiger partial charge in [0, 0.05) is 18.3 Å². The quantitative estimate of drug-likeness (QED) is 0.547. The van der Waals surface area contributed by atoms with Gasteiger partial charge < -0.3 is 10.4 Å². The number of aromatic hydroxyl groups is 1. The summed E-state index contributed by atoms with van der Waals surface area (Å²) in [5.41, 5.74) is 0.768. The third kappa shape index (κ3) is 3.58. The summed E-state index contributed by atoms with van der Waals surface area (Å²) in [6.45, 7) is 4.64. The summed E-state index contributed by atoms with van der Waals surface area (Å²) in [4.78, 5) is 4.19. The minimum Gasteiger partial charge on any atom is -0.507 e. The van der Waals surface area contributed by atoms with Crippen molar-refractivity contribution in [3.63, 3.8) is 0 Å². The van der Waals surface area contributed by atoms with Gasteiger partial charge in [-0.05, 0) is 18.7 Å². The van der Waals surface area contributed by atoms with Crippen molar-refractivity contribution in [3.05, 3.63) is 29.8 Å². The van der Waals surface area contributed by atoms with Crippen LogP contribution in [0.4, 0.5) is 0 Å². The molecule has 0 heterocycles. The van der Waals surface area contributed by atoms with Crippen LogP contribution in [-0.4, -0.2) is 31.0 Å². The lowest BCUT2D eigenvalue weighted by atomic mass is 10.2. The molecular weight excluding hydrogens is 176 g/mol. The normalized spacial score (nSPS) is 10.9. The number of hydrogen-bond acceptors (Lipinski definition) is 3. The van der Waals surface area contributed by atoms with Gasteiger partial charge in [0.25, 0.3) is 0 Å². The summed E-state index contributed by atoms with van der Waals surface area (Å²) in [6, 6.07) is 7.18. The van der Waals surface area contributed by atoms with E-state index >= 15 is 0 Å². The summed E-state index contributed by atoms with van der Waals surface area (Å²) in [7, 11) is 0. The van der Waals surface area contributed by atoms with E-state index in [1.807, 2.05) is 12.1 Å². The number of rotatable bonds is 5. The number of para-hydroxylation sites is 1. The van der Waals surface area contributed by atoms with Gasteiger partial charge in [0.2, 0.25) is 0 Å². The van der Waals surface area contributed by atoms with Crippen molar-refractivity contribution < 1.29 is 5.11 Å². The minimum absolute atomic E-state index is 0.278. The smallest absolute Gasteiger partial charge is 0.124 e. The van der Waals surface area contributed by atoms with Gasteiger partial charge in [-0.15, -0.1) is 0 Å². The molecule has 76 valence electrons. The van der Waals surface area contributed by atoms with E-state index in [4.69, 9.17) is 0 Å². The maximum absolute atomic E-state index is 9.41. The molecule has 0 saturated carbocycles. The highest BCUT2D eigenvalue weighted by molar-refractivity contribution is 5.83. The molecule has 0 aliphatic carbocycles. The molecule has 0 amide bonds. The number of phenols is 1. The van der Waals surface area contributed by atoms with Gasteiger partial charge in [0.05, 0.1) is 6.54 Å². The van der Waals surface area contributed by atoms with Gasteiger partial charge in [0.15, 0.2) is 0 Å². The van der Waals surface area contributed by atoms with Crippen molar-refractivity contribution >= 4 is 6.21 Å². The molecule has 3 heteroatoms. The van der Waals surface area contributed by atoms with Crippen LogP contribution in [0.1, 0.15) is 12.5 Å². The third-order valence-corrected chi connectivity index (χ3v) is 1.83. The van der Waals surface area contributed by atoms with E-state index in [1.165, 1.54) is 0 Å². The van der Waals surface area contributed by atoms with Gasteiger partial charge in [0.1, 0.15) is 5.75 Å². The topological polar surface area (TPSA) is 44.6 Å². The molecule has 0 radical (unpaired) electrons. The van der Waals surface area contributed by atoms with E-state index in [2.05, 4.69) is 17.2 Å². The molecule has 0 unspecified atom stereocenters. The Morgan fingerprint density at radius 2 is 2.21 bits per heavy atom. The molecule has 0 saturated heterocycles. The first-order chi connectivity index (χ1) is 6.84. The summed E-state index contributed by atoms with van der Waals surface area (Å²) in [5.74, 6) is 0.278. The second-order valence-corrected chi connectivity index (χ2v) is 2.95. The maximum atomic E-state index is 9.41. The third-order valence-electron chi connectivity index (χ3n) is 1.83. The summed E-state index contributed by atoms with van der Waals surface area (Å²) in [6.07, 6.45) is 1.70. The first-order valence-electron chi connectivity index (χ1n) is 4.83. The standard InChI is InChI=1S/C11H16N2O/c1-2-12-7-8-13-9-10-5-3-4-6-11(10)14/h3-6,9,12,14H,2,7-8H2,1H3. The molecule has 14 heavy (non-hydrogen) atoms. The Balaban J connectivity index is 2.40. The highest BCUT2D eigenvalue weighted by Gasteiger charge is 1.93. The van der Waals surface area contributed by atoms with E-state index in [9.17, 15) is 5.11 Å². The Hall–Kier alpha value is -1.35. The van der Waals surface area contributed by atoms with Crippen LogP contribution in [0.25, 0.3) is 0 Å². The number of nitrogens with zero attached hydrogens (tertiary/aromatic N) is 1. The average Bonchev–Trinajstić information content (AvgIpc) is 2.20. The van der Waals surface area contributed by atoms with Crippen molar-refractivity contribution in [1.29, 1.82) is 0 Å². The fraction of sp³-hybridized carbons (Fsp3) is 0.364. The minimum atomic E-state index is 0.278. The van der Waals surface area contributed by atoms with Gasteiger partial charge >= 0.3 is 0 Å². The Morgan fingerprint density at radius 1 is 1.43 bits per heavy atom. The predicted octanol–water partition coefficient (Wildman–Crippen LogP) is 1.42. The van der Waals surface area contributed by atoms with Crippen LogP contribution in [0.5, 0.6) is 5.75 Å². The van der Waals surface area contributed by atoms with Crippen LogP contribution in [0.3, 0.4) is 0 Å². The van der Waals surface area contributed by atoms with Crippen LogP contribution in [0.2, 0.25) is 0 Å². The molecule has 0 fully saturated rings. The zero-order valence-corrected chi connectivity index (χ0v) is 8.40. The number of hydrogen-bond donors (Lipinski definition) is 2. The second kappa shape index (κ2) is 6.16. The van der Waals surface area contributed by atoms with E-state index in [0.29, 0.717) is 0 Å². The van der Waals surface area contributed by atoms with Crippen molar-refractivity contribution in [1.82, 2.24) is 5.32 Å². The van der Waals surface area contributed by atoms with Crippen LogP contribution < -0.4 is 5.32 Å². The maximum Gasteiger partial charge on any atom is 0.124 e. The number of aliphatic imine (C=N–C) groups is 1. The fourth-order valence-electron chi connectivity index (χ4n) is 1.08. The van der Waals surface area contributed by atoms with Crippen LogP contribution in [0.15, 0.2) is 29.3 Å². The first-order valence-corrected chi connectivity index (χ1v) is 4.83. The van der Waals surface area contributed by atoms with Gasteiger partial charge in [-0.25, -0.2) is 0 Å². The van der Waals surface area contributed by atoms with E-state index in [0.717, 1.165) is 25.2 Å². The summed E-state index contributed by atoms with van der Waals surface area (Å²) < 4.78 is 0. The Labute approximate surface area is 84.5 Å². The second-order valence-electron chi connectivity index (χ2n) is 2.95. The Kier molecular flexibility index (Phi) is 4.72. The molecule has 0 aromatic heterocycles. The highest BCUT2D eigenvalue weighted by Crippen LogP contribution is 2.12. The number of nitrogens with one attached hydrogen (secondary N) is 1. The Morgan fingerprint density at radius 3 is 2.93 bits per heavy atom. The fourth-order valence-corrected chi connectivity index (χ4v) is 1.08. The summed E-state index contributed by atoms with van der Waals surface area (Å²) in [5, 5.41) is 12.6. The van der Waals surface area contributed by atoms with Crippen LogP contribution in [-0.2, 0) is 0 Å². The molecule has 0 atom stereocenters. The molecule has 1 aromatic carbocycles. The molecular formula is C11H16N2O. The number of phenolic OH excluding ortho intramolecular Hbond substituents is 1. The SMILES string of the molecule is CCNCCN=Cc1ccccc1O. The van der Waals surface area contributed by atoms with Crippen LogP contribution >= 0.6 is 0 Å². The van der Waals surface area contributed by atoms with Crippen molar-refractivity contribution in [3.8, 4) is 5.75 Å². The number of likely N-dealkylation sites (N-methyl/N-ethyl adjacent to an activating group) is 1. The molecule has 0 spiro atoms.